The van der Waals surface area contributed by atoms with E-state index in [0.29, 0.717) is 0 Å². The van der Waals surface area contributed by atoms with Gasteiger partial charge in [0.25, 0.3) is 0 Å². The van der Waals surface area contributed by atoms with Crippen molar-refractivity contribution in [3.8, 4) is 11.5 Å². The SMILES string of the molecule is COc1ccc(C2(N)CCCCCC2)cc1OC. The van der Waals surface area contributed by atoms with Gasteiger partial charge in [-0.05, 0) is 30.5 Å². The minimum absolute atomic E-state index is 0.198. The molecular formula is C15H23NO2. The van der Waals surface area contributed by atoms with Crippen molar-refractivity contribution in [2.75, 3.05) is 14.2 Å². The summed E-state index contributed by atoms with van der Waals surface area (Å²) in [5.74, 6) is 1.53. The van der Waals surface area contributed by atoms with Gasteiger partial charge in [0.05, 0.1) is 14.2 Å². The lowest BCUT2D eigenvalue weighted by Crippen LogP contribution is -2.35. The van der Waals surface area contributed by atoms with Gasteiger partial charge in [0, 0.05) is 5.54 Å². The Kier molecular flexibility index (Phi) is 4.12. The van der Waals surface area contributed by atoms with Gasteiger partial charge in [-0.2, -0.15) is 0 Å². The lowest BCUT2D eigenvalue weighted by atomic mass is 9.84. The predicted octanol–water partition coefficient (Wildman–Crippen LogP) is 3.21. The maximum absolute atomic E-state index is 6.60. The highest BCUT2D eigenvalue weighted by atomic mass is 16.5. The number of ether oxygens (including phenoxy) is 2. The molecule has 1 aliphatic rings. The zero-order valence-corrected chi connectivity index (χ0v) is 11.4. The van der Waals surface area contributed by atoms with Crippen LogP contribution in [-0.4, -0.2) is 14.2 Å². The van der Waals surface area contributed by atoms with Gasteiger partial charge in [0.1, 0.15) is 0 Å². The molecule has 0 saturated heterocycles. The first kappa shape index (κ1) is 13.2. The highest BCUT2D eigenvalue weighted by Gasteiger charge is 2.29. The molecule has 3 heteroatoms. The molecule has 1 aliphatic carbocycles. The van der Waals surface area contributed by atoms with Crippen LogP contribution in [0.15, 0.2) is 18.2 Å². The molecule has 100 valence electrons. The molecule has 1 aromatic carbocycles. The molecule has 1 saturated carbocycles. The summed E-state index contributed by atoms with van der Waals surface area (Å²) in [5.41, 5.74) is 7.57. The summed E-state index contributed by atoms with van der Waals surface area (Å²) in [7, 11) is 3.32. The molecule has 0 aliphatic heterocycles. The van der Waals surface area contributed by atoms with Gasteiger partial charge in [-0.1, -0.05) is 31.7 Å². The first-order chi connectivity index (χ1) is 8.69. The van der Waals surface area contributed by atoms with Crippen LogP contribution < -0.4 is 15.2 Å². The van der Waals surface area contributed by atoms with Gasteiger partial charge < -0.3 is 15.2 Å². The summed E-state index contributed by atoms with van der Waals surface area (Å²) < 4.78 is 10.6. The first-order valence-corrected chi connectivity index (χ1v) is 6.71. The van der Waals surface area contributed by atoms with E-state index < -0.39 is 0 Å². The maximum Gasteiger partial charge on any atom is 0.161 e. The second-order valence-electron chi connectivity index (χ2n) is 5.14. The molecule has 1 aromatic rings. The minimum Gasteiger partial charge on any atom is -0.493 e. The van der Waals surface area contributed by atoms with E-state index in [0.717, 1.165) is 24.3 Å². The van der Waals surface area contributed by atoms with Crippen molar-refractivity contribution in [1.29, 1.82) is 0 Å². The third-order valence-corrected chi connectivity index (χ3v) is 3.95. The average molecular weight is 249 g/mol. The summed E-state index contributed by atoms with van der Waals surface area (Å²) in [4.78, 5) is 0. The fourth-order valence-corrected chi connectivity index (χ4v) is 2.79. The molecule has 0 radical (unpaired) electrons. The van der Waals surface area contributed by atoms with Crippen LogP contribution in [0.2, 0.25) is 0 Å². The summed E-state index contributed by atoms with van der Waals surface area (Å²) in [6.07, 6.45) is 7.14. The average Bonchev–Trinajstić information content (AvgIpc) is 2.63. The Hall–Kier alpha value is -1.22. The largest absolute Gasteiger partial charge is 0.493 e. The quantitative estimate of drug-likeness (QED) is 0.837. The Morgan fingerprint density at radius 1 is 0.944 bits per heavy atom. The van der Waals surface area contributed by atoms with Crippen molar-refractivity contribution in [3.05, 3.63) is 23.8 Å². The molecule has 0 bridgehead atoms. The lowest BCUT2D eigenvalue weighted by Gasteiger charge is -2.29. The predicted molar refractivity (Wildman–Crippen MR) is 73.1 cm³/mol. The van der Waals surface area contributed by atoms with E-state index in [1.165, 1.54) is 31.2 Å². The third-order valence-electron chi connectivity index (χ3n) is 3.95. The number of hydrogen-bond acceptors (Lipinski definition) is 3. The normalized spacial score (nSPS) is 19.1. The van der Waals surface area contributed by atoms with Crippen LogP contribution in [0.3, 0.4) is 0 Å². The van der Waals surface area contributed by atoms with Gasteiger partial charge in [0.2, 0.25) is 0 Å². The number of methoxy groups -OCH3 is 2. The molecule has 0 atom stereocenters. The Labute approximate surface area is 109 Å². The van der Waals surface area contributed by atoms with Crippen LogP contribution in [-0.2, 0) is 5.54 Å². The van der Waals surface area contributed by atoms with Crippen LogP contribution in [0, 0.1) is 0 Å². The fourth-order valence-electron chi connectivity index (χ4n) is 2.79. The number of nitrogens with two attached hydrogens (primary N) is 1. The maximum atomic E-state index is 6.60. The zero-order valence-electron chi connectivity index (χ0n) is 11.4. The van der Waals surface area contributed by atoms with Crippen molar-refractivity contribution in [1.82, 2.24) is 0 Å². The summed E-state index contributed by atoms with van der Waals surface area (Å²) in [5, 5.41) is 0. The topological polar surface area (TPSA) is 44.5 Å². The zero-order chi connectivity index (χ0) is 13.0. The molecule has 18 heavy (non-hydrogen) atoms. The summed E-state index contributed by atoms with van der Waals surface area (Å²) >= 11 is 0. The Balaban J connectivity index is 2.31. The summed E-state index contributed by atoms with van der Waals surface area (Å²) in [6, 6.07) is 6.06. The second kappa shape index (κ2) is 5.61. The molecule has 1 fully saturated rings. The number of benzene rings is 1. The Bertz CT molecular complexity index is 395. The lowest BCUT2D eigenvalue weighted by molar-refractivity contribution is 0.348. The van der Waals surface area contributed by atoms with Crippen LogP contribution in [0.1, 0.15) is 44.1 Å². The first-order valence-electron chi connectivity index (χ1n) is 6.71. The van der Waals surface area contributed by atoms with Crippen molar-refractivity contribution in [3.63, 3.8) is 0 Å². The molecule has 0 amide bonds. The van der Waals surface area contributed by atoms with E-state index in [-0.39, 0.29) is 5.54 Å². The van der Waals surface area contributed by atoms with Gasteiger partial charge in [-0.25, -0.2) is 0 Å². The van der Waals surface area contributed by atoms with E-state index in [1.54, 1.807) is 14.2 Å². The van der Waals surface area contributed by atoms with Crippen LogP contribution >= 0.6 is 0 Å². The molecule has 3 nitrogen and oxygen atoms in total. The molecule has 0 heterocycles. The van der Waals surface area contributed by atoms with E-state index in [9.17, 15) is 0 Å². The molecule has 2 rings (SSSR count). The highest BCUT2D eigenvalue weighted by Crippen LogP contribution is 2.37. The molecule has 2 N–H and O–H groups in total. The molecular weight excluding hydrogens is 226 g/mol. The molecule has 0 spiro atoms. The highest BCUT2D eigenvalue weighted by molar-refractivity contribution is 5.45. The Morgan fingerprint density at radius 3 is 2.11 bits per heavy atom. The van der Waals surface area contributed by atoms with Crippen LogP contribution in [0.5, 0.6) is 11.5 Å². The van der Waals surface area contributed by atoms with Gasteiger partial charge in [-0.15, -0.1) is 0 Å². The fraction of sp³-hybridized carbons (Fsp3) is 0.600. The van der Waals surface area contributed by atoms with E-state index in [1.807, 2.05) is 12.1 Å². The van der Waals surface area contributed by atoms with Crippen molar-refractivity contribution >= 4 is 0 Å². The van der Waals surface area contributed by atoms with Gasteiger partial charge >= 0.3 is 0 Å². The Morgan fingerprint density at radius 2 is 1.56 bits per heavy atom. The standard InChI is InChI=1S/C15H23NO2/c1-17-13-8-7-12(11-14(13)18-2)15(16)9-5-3-4-6-10-15/h7-8,11H,3-6,9-10,16H2,1-2H3. The number of hydrogen-bond donors (Lipinski definition) is 1. The van der Waals surface area contributed by atoms with Crippen molar-refractivity contribution in [2.45, 2.75) is 44.1 Å². The van der Waals surface area contributed by atoms with Crippen LogP contribution in [0.25, 0.3) is 0 Å². The monoisotopic (exact) mass is 249 g/mol. The van der Waals surface area contributed by atoms with E-state index >= 15 is 0 Å². The molecule has 0 unspecified atom stereocenters. The smallest absolute Gasteiger partial charge is 0.161 e. The summed E-state index contributed by atoms with van der Waals surface area (Å²) in [6.45, 7) is 0. The number of rotatable bonds is 3. The minimum atomic E-state index is -0.198. The second-order valence-corrected chi connectivity index (χ2v) is 5.14. The van der Waals surface area contributed by atoms with Gasteiger partial charge in [-0.3, -0.25) is 0 Å². The third kappa shape index (κ3) is 2.61. The van der Waals surface area contributed by atoms with E-state index in [2.05, 4.69) is 6.07 Å². The van der Waals surface area contributed by atoms with Crippen LogP contribution in [0.4, 0.5) is 0 Å². The van der Waals surface area contributed by atoms with Crippen molar-refractivity contribution in [2.24, 2.45) is 5.73 Å². The molecule has 0 aromatic heterocycles. The van der Waals surface area contributed by atoms with E-state index in [4.69, 9.17) is 15.2 Å². The van der Waals surface area contributed by atoms with Gasteiger partial charge in [0.15, 0.2) is 11.5 Å². The van der Waals surface area contributed by atoms with Crippen molar-refractivity contribution < 1.29 is 9.47 Å².